The van der Waals surface area contributed by atoms with Crippen LogP contribution in [0.4, 0.5) is 14.5 Å². The molecule has 0 unspecified atom stereocenters. The lowest BCUT2D eigenvalue weighted by atomic mass is 9.95. The van der Waals surface area contributed by atoms with Gasteiger partial charge in [0, 0.05) is 31.7 Å². The molecule has 1 aromatic carbocycles. The summed E-state index contributed by atoms with van der Waals surface area (Å²) < 4.78 is 54.0. The fourth-order valence-corrected chi connectivity index (χ4v) is 5.55. The number of aryl methyl sites for hydroxylation is 1. The van der Waals surface area contributed by atoms with Gasteiger partial charge in [0.05, 0.1) is 11.4 Å². The summed E-state index contributed by atoms with van der Waals surface area (Å²) >= 11 is 0. The van der Waals surface area contributed by atoms with Crippen molar-refractivity contribution in [2.24, 2.45) is 5.92 Å². The van der Waals surface area contributed by atoms with Crippen LogP contribution in [-0.2, 0) is 21.2 Å². The lowest BCUT2D eigenvalue weighted by Crippen LogP contribution is -2.46. The number of hydrogen-bond donors (Lipinski definition) is 0. The normalized spacial score (nSPS) is 18.5. The van der Waals surface area contributed by atoms with Crippen molar-refractivity contribution in [1.82, 2.24) is 9.29 Å². The second-order valence-corrected chi connectivity index (χ2v) is 9.22. The van der Waals surface area contributed by atoms with E-state index in [1.807, 2.05) is 6.07 Å². The number of piperidine rings is 1. The maximum absolute atomic E-state index is 14.0. The predicted molar refractivity (Wildman–Crippen MR) is 103 cm³/mol. The van der Waals surface area contributed by atoms with E-state index in [9.17, 15) is 22.0 Å². The van der Waals surface area contributed by atoms with Gasteiger partial charge in [0.25, 0.3) is 0 Å². The molecule has 154 valence electrons. The monoisotopic (exact) mass is 421 g/mol. The highest BCUT2D eigenvalue weighted by atomic mass is 32.2. The molecule has 4 rings (SSSR count). The Hall–Kier alpha value is -2.39. The number of sulfonamides is 1. The Bertz CT molecular complexity index is 1040. The molecule has 0 bridgehead atoms. The van der Waals surface area contributed by atoms with E-state index in [4.69, 9.17) is 0 Å². The van der Waals surface area contributed by atoms with E-state index in [0.717, 1.165) is 40.7 Å². The molecule has 9 heteroatoms. The molecule has 29 heavy (non-hydrogen) atoms. The third kappa shape index (κ3) is 3.76. The molecule has 0 N–H and O–H groups in total. The maximum atomic E-state index is 14.0. The molecule has 0 atom stereocenters. The number of rotatable bonds is 3. The molecule has 1 fully saturated rings. The van der Waals surface area contributed by atoms with E-state index < -0.39 is 26.6 Å². The van der Waals surface area contributed by atoms with E-state index in [0.29, 0.717) is 25.5 Å². The first-order valence-corrected chi connectivity index (χ1v) is 11.0. The van der Waals surface area contributed by atoms with Gasteiger partial charge < -0.3 is 4.90 Å². The lowest BCUT2D eigenvalue weighted by molar-refractivity contribution is -0.123. The lowest BCUT2D eigenvalue weighted by Gasteiger charge is -2.35. The van der Waals surface area contributed by atoms with Crippen molar-refractivity contribution in [3.8, 4) is 0 Å². The van der Waals surface area contributed by atoms with Gasteiger partial charge in [0.1, 0.15) is 16.5 Å². The average molecular weight is 421 g/mol. The van der Waals surface area contributed by atoms with Crippen molar-refractivity contribution >= 4 is 21.6 Å². The first kappa shape index (κ1) is 19.9. The second-order valence-electron chi connectivity index (χ2n) is 7.32. The number of carbonyl (C=O) groups is 1. The van der Waals surface area contributed by atoms with Gasteiger partial charge in [-0.3, -0.25) is 9.78 Å². The van der Waals surface area contributed by atoms with Gasteiger partial charge in [-0.15, -0.1) is 0 Å². The fourth-order valence-electron chi connectivity index (χ4n) is 4.00. The molecule has 2 aromatic rings. The molecule has 6 nitrogen and oxygen atoms in total. The largest absolute Gasteiger partial charge is 0.310 e. The summed E-state index contributed by atoms with van der Waals surface area (Å²) in [4.78, 5) is 18.5. The van der Waals surface area contributed by atoms with Gasteiger partial charge in [-0.1, -0.05) is 0 Å². The van der Waals surface area contributed by atoms with Crippen molar-refractivity contribution in [3.63, 3.8) is 0 Å². The Morgan fingerprint density at radius 1 is 1.10 bits per heavy atom. The highest BCUT2D eigenvalue weighted by Crippen LogP contribution is 2.31. The van der Waals surface area contributed by atoms with E-state index in [-0.39, 0.29) is 24.9 Å². The minimum absolute atomic E-state index is 0.0343. The number of halogens is 2. The quantitative estimate of drug-likeness (QED) is 0.764. The van der Waals surface area contributed by atoms with Crippen LogP contribution in [0.1, 0.15) is 25.0 Å². The van der Waals surface area contributed by atoms with Crippen molar-refractivity contribution in [2.75, 3.05) is 24.5 Å². The molecule has 2 aliphatic rings. The summed E-state index contributed by atoms with van der Waals surface area (Å²) in [5.74, 6) is -2.15. The summed E-state index contributed by atoms with van der Waals surface area (Å²) in [6.07, 6.45) is 4.04. The van der Waals surface area contributed by atoms with Crippen LogP contribution in [0, 0.1) is 17.6 Å². The number of anilines is 1. The minimum atomic E-state index is -4.15. The molecule has 0 saturated carbocycles. The molecule has 3 heterocycles. The molecule has 1 saturated heterocycles. The third-order valence-electron chi connectivity index (χ3n) is 5.53. The van der Waals surface area contributed by atoms with Gasteiger partial charge in [-0.2, -0.15) is 4.31 Å². The predicted octanol–water partition coefficient (Wildman–Crippen LogP) is 2.74. The number of benzene rings is 1. The highest BCUT2D eigenvalue weighted by Gasteiger charge is 2.36. The van der Waals surface area contributed by atoms with Crippen LogP contribution >= 0.6 is 0 Å². The molecular formula is C20H21F2N3O3S. The Kier molecular flexibility index (Phi) is 5.35. The topological polar surface area (TPSA) is 70.6 Å². The number of amides is 1. The first-order chi connectivity index (χ1) is 13.9. The molecule has 2 aliphatic heterocycles. The van der Waals surface area contributed by atoms with Crippen LogP contribution in [0.5, 0.6) is 0 Å². The Labute approximate surface area is 168 Å². The van der Waals surface area contributed by atoms with Gasteiger partial charge >= 0.3 is 0 Å². The van der Waals surface area contributed by atoms with Crippen LogP contribution in [0.3, 0.4) is 0 Å². The third-order valence-corrected chi connectivity index (χ3v) is 7.45. The summed E-state index contributed by atoms with van der Waals surface area (Å²) in [7, 11) is -4.15. The van der Waals surface area contributed by atoms with E-state index >= 15 is 0 Å². The number of aromatic nitrogens is 1. The van der Waals surface area contributed by atoms with Gasteiger partial charge in [0.15, 0.2) is 0 Å². The van der Waals surface area contributed by atoms with Crippen LogP contribution in [0.2, 0.25) is 0 Å². The number of nitrogens with zero attached hydrogens (tertiary/aromatic N) is 3. The smallest absolute Gasteiger partial charge is 0.246 e. The summed E-state index contributed by atoms with van der Waals surface area (Å²) in [5.41, 5.74) is 1.72. The second kappa shape index (κ2) is 7.79. The zero-order valence-corrected chi connectivity index (χ0v) is 16.5. The van der Waals surface area contributed by atoms with E-state index in [1.165, 1.54) is 0 Å². The minimum Gasteiger partial charge on any atom is -0.310 e. The molecular weight excluding hydrogens is 400 g/mol. The van der Waals surface area contributed by atoms with Crippen molar-refractivity contribution in [1.29, 1.82) is 0 Å². The number of pyridine rings is 1. The summed E-state index contributed by atoms with van der Waals surface area (Å²) in [6.45, 7) is 0.787. The SMILES string of the molecule is O=C(C1CCN(S(=O)(=O)c2cc(F)ccc2F)CC1)N1CCCc2ncccc21. The first-order valence-electron chi connectivity index (χ1n) is 9.58. The number of carbonyl (C=O) groups excluding carboxylic acids is 1. The van der Waals surface area contributed by atoms with Crippen LogP contribution in [0.15, 0.2) is 41.4 Å². The fraction of sp³-hybridized carbons (Fsp3) is 0.400. The van der Waals surface area contributed by atoms with Crippen molar-refractivity contribution < 1.29 is 22.0 Å². The van der Waals surface area contributed by atoms with Gasteiger partial charge in [0.2, 0.25) is 15.9 Å². The maximum Gasteiger partial charge on any atom is 0.246 e. The zero-order chi connectivity index (χ0) is 20.6. The molecule has 0 aliphatic carbocycles. The Balaban J connectivity index is 1.47. The van der Waals surface area contributed by atoms with Crippen molar-refractivity contribution in [2.45, 2.75) is 30.6 Å². The van der Waals surface area contributed by atoms with Gasteiger partial charge in [-0.05, 0) is 56.0 Å². The van der Waals surface area contributed by atoms with Crippen LogP contribution in [0.25, 0.3) is 0 Å². The summed E-state index contributed by atoms with van der Waals surface area (Å²) in [5, 5.41) is 0. The average Bonchev–Trinajstić information content (AvgIpc) is 2.74. The Morgan fingerprint density at radius 2 is 1.86 bits per heavy atom. The number of hydrogen-bond acceptors (Lipinski definition) is 4. The highest BCUT2D eigenvalue weighted by molar-refractivity contribution is 7.89. The zero-order valence-electron chi connectivity index (χ0n) is 15.7. The van der Waals surface area contributed by atoms with E-state index in [1.54, 1.807) is 17.2 Å². The molecule has 1 amide bonds. The number of fused-ring (bicyclic) bond motifs is 1. The Morgan fingerprint density at radius 3 is 2.62 bits per heavy atom. The van der Waals surface area contributed by atoms with Crippen LogP contribution in [-0.4, -0.2) is 43.2 Å². The van der Waals surface area contributed by atoms with Crippen molar-refractivity contribution in [3.05, 3.63) is 53.9 Å². The van der Waals surface area contributed by atoms with Crippen LogP contribution < -0.4 is 4.90 Å². The molecule has 0 spiro atoms. The van der Waals surface area contributed by atoms with Gasteiger partial charge in [-0.25, -0.2) is 17.2 Å². The molecule has 1 aromatic heterocycles. The standard InChI is InChI=1S/C20H21F2N3O3S/c21-15-5-6-16(22)19(13-15)29(27,28)24-11-7-14(8-12-24)20(26)25-10-2-3-17-18(25)4-1-9-23-17/h1,4-6,9,13-14H,2-3,7-8,10-12H2. The molecule has 0 radical (unpaired) electrons. The summed E-state index contributed by atoms with van der Waals surface area (Å²) in [6, 6.07) is 6.06. The van der Waals surface area contributed by atoms with E-state index in [2.05, 4.69) is 4.98 Å².